The Bertz CT molecular complexity index is 590. The summed E-state index contributed by atoms with van der Waals surface area (Å²) in [7, 11) is 0. The Hall–Kier alpha value is -1.97. The third kappa shape index (κ3) is 1.86. The van der Waals surface area contributed by atoms with Crippen LogP contribution in [0.15, 0.2) is 41.3 Å². The molecule has 0 amide bonds. The second-order valence-electron chi connectivity index (χ2n) is 3.47. The Morgan fingerprint density at radius 3 is 2.56 bits per heavy atom. The van der Waals surface area contributed by atoms with Crippen molar-refractivity contribution in [2.75, 3.05) is 0 Å². The molecule has 0 bridgehead atoms. The number of aromatic nitrogens is 1. The maximum Gasteiger partial charge on any atom is 0.181 e. The van der Waals surface area contributed by atoms with E-state index < -0.39 is 11.6 Å². The van der Waals surface area contributed by atoms with Crippen molar-refractivity contribution in [3.8, 4) is 5.69 Å². The molecule has 2 aromatic rings. The lowest BCUT2D eigenvalue weighted by Crippen LogP contribution is -2.08. The molecule has 4 heteroatoms. The Morgan fingerprint density at radius 1 is 1.12 bits per heavy atom. The van der Waals surface area contributed by atoms with Gasteiger partial charge in [-0.1, -0.05) is 0 Å². The van der Waals surface area contributed by atoms with Gasteiger partial charge in [-0.05, 0) is 19.1 Å². The van der Waals surface area contributed by atoms with Crippen molar-refractivity contribution in [3.63, 3.8) is 0 Å². The summed E-state index contributed by atoms with van der Waals surface area (Å²) in [5.41, 5.74) is 0.486. The van der Waals surface area contributed by atoms with Gasteiger partial charge < -0.3 is 4.57 Å². The first-order chi connectivity index (χ1) is 7.58. The first kappa shape index (κ1) is 10.5. The largest absolute Gasteiger partial charge is 0.318 e. The third-order valence-electron chi connectivity index (χ3n) is 2.29. The number of hydrogen-bond acceptors (Lipinski definition) is 1. The Morgan fingerprint density at radius 2 is 1.88 bits per heavy atom. The maximum absolute atomic E-state index is 13.5. The van der Waals surface area contributed by atoms with Crippen molar-refractivity contribution >= 4 is 0 Å². The summed E-state index contributed by atoms with van der Waals surface area (Å²) >= 11 is 0. The molecule has 0 saturated heterocycles. The summed E-state index contributed by atoms with van der Waals surface area (Å²) in [4.78, 5) is 11.0. The second kappa shape index (κ2) is 3.89. The average Bonchev–Trinajstić information content (AvgIpc) is 2.22. The van der Waals surface area contributed by atoms with Crippen LogP contribution >= 0.6 is 0 Å². The van der Waals surface area contributed by atoms with E-state index in [9.17, 15) is 13.6 Å². The summed E-state index contributed by atoms with van der Waals surface area (Å²) in [5, 5.41) is 0. The molecule has 0 spiro atoms. The van der Waals surface area contributed by atoms with E-state index in [2.05, 4.69) is 0 Å². The van der Waals surface area contributed by atoms with Crippen LogP contribution < -0.4 is 5.43 Å². The number of benzene rings is 1. The first-order valence-corrected chi connectivity index (χ1v) is 4.72. The highest BCUT2D eigenvalue weighted by atomic mass is 19.1. The van der Waals surface area contributed by atoms with Gasteiger partial charge in [0.05, 0.1) is 5.69 Å². The summed E-state index contributed by atoms with van der Waals surface area (Å²) in [6.45, 7) is 1.66. The van der Waals surface area contributed by atoms with Crippen LogP contribution in [0.1, 0.15) is 5.69 Å². The van der Waals surface area contributed by atoms with Crippen LogP contribution in [0.25, 0.3) is 5.69 Å². The molecule has 2 rings (SSSR count). The van der Waals surface area contributed by atoms with Crippen LogP contribution in [0, 0.1) is 18.6 Å². The Labute approximate surface area is 90.8 Å². The molecule has 1 heterocycles. The predicted molar refractivity (Wildman–Crippen MR) is 56.7 cm³/mol. The van der Waals surface area contributed by atoms with E-state index in [0.29, 0.717) is 5.69 Å². The molecule has 82 valence electrons. The molecule has 1 aromatic carbocycles. The molecule has 0 unspecified atom stereocenters. The SMILES string of the molecule is Cc1cc(=O)ccn1-c1cc(F)ccc1F. The molecule has 0 radical (unpaired) electrons. The number of hydrogen-bond donors (Lipinski definition) is 0. The van der Waals surface area contributed by atoms with Gasteiger partial charge in [0.2, 0.25) is 0 Å². The summed E-state index contributed by atoms with van der Waals surface area (Å²) < 4.78 is 27.9. The number of pyridine rings is 1. The number of aryl methyl sites for hydroxylation is 1. The highest BCUT2D eigenvalue weighted by molar-refractivity contribution is 5.36. The average molecular weight is 221 g/mol. The van der Waals surface area contributed by atoms with Gasteiger partial charge in [-0.25, -0.2) is 8.78 Å². The first-order valence-electron chi connectivity index (χ1n) is 4.72. The van der Waals surface area contributed by atoms with Gasteiger partial charge in [-0.3, -0.25) is 4.79 Å². The van der Waals surface area contributed by atoms with E-state index in [-0.39, 0.29) is 11.1 Å². The lowest BCUT2D eigenvalue weighted by Gasteiger charge is -2.10. The van der Waals surface area contributed by atoms with Gasteiger partial charge in [0, 0.05) is 30.1 Å². The van der Waals surface area contributed by atoms with E-state index in [1.54, 1.807) is 6.92 Å². The smallest absolute Gasteiger partial charge is 0.181 e. The number of rotatable bonds is 1. The molecule has 0 saturated carbocycles. The molecule has 16 heavy (non-hydrogen) atoms. The van der Waals surface area contributed by atoms with Gasteiger partial charge in [0.15, 0.2) is 5.43 Å². The van der Waals surface area contributed by atoms with Crippen molar-refractivity contribution in [1.29, 1.82) is 0 Å². The maximum atomic E-state index is 13.5. The lowest BCUT2D eigenvalue weighted by atomic mass is 10.2. The predicted octanol–water partition coefficient (Wildman–Crippen LogP) is 2.42. The second-order valence-corrected chi connectivity index (χ2v) is 3.47. The van der Waals surface area contributed by atoms with Gasteiger partial charge >= 0.3 is 0 Å². The molecule has 0 aliphatic carbocycles. The van der Waals surface area contributed by atoms with E-state index in [1.165, 1.54) is 22.9 Å². The molecule has 2 nitrogen and oxygen atoms in total. The lowest BCUT2D eigenvalue weighted by molar-refractivity contribution is 0.591. The van der Waals surface area contributed by atoms with Crippen LogP contribution in [-0.4, -0.2) is 4.57 Å². The topological polar surface area (TPSA) is 22.0 Å². The van der Waals surface area contributed by atoms with E-state index in [4.69, 9.17) is 0 Å². The fourth-order valence-electron chi connectivity index (χ4n) is 1.53. The minimum absolute atomic E-state index is 0.0949. The van der Waals surface area contributed by atoms with Gasteiger partial charge in [0.25, 0.3) is 0 Å². The molecule has 0 fully saturated rings. The normalized spacial score (nSPS) is 10.4. The standard InChI is InChI=1S/C12H9F2NO/c1-8-6-10(16)4-5-15(8)12-7-9(13)2-3-11(12)14/h2-7H,1H3. The molecular formula is C12H9F2NO. The quantitative estimate of drug-likeness (QED) is 0.724. The van der Waals surface area contributed by atoms with Crippen molar-refractivity contribution in [2.24, 2.45) is 0 Å². The van der Waals surface area contributed by atoms with E-state index in [0.717, 1.165) is 18.2 Å². The van der Waals surface area contributed by atoms with Crippen molar-refractivity contribution in [3.05, 3.63) is 64.1 Å². The van der Waals surface area contributed by atoms with Crippen LogP contribution in [0.4, 0.5) is 8.78 Å². The van der Waals surface area contributed by atoms with E-state index >= 15 is 0 Å². The summed E-state index contributed by atoms with van der Waals surface area (Å²) in [6, 6.07) is 5.87. The number of halogens is 2. The zero-order chi connectivity index (χ0) is 11.7. The van der Waals surface area contributed by atoms with Gasteiger partial charge in [-0.2, -0.15) is 0 Å². The molecular weight excluding hydrogens is 212 g/mol. The van der Waals surface area contributed by atoms with Gasteiger partial charge in [0.1, 0.15) is 11.6 Å². The van der Waals surface area contributed by atoms with Crippen LogP contribution in [0.5, 0.6) is 0 Å². The van der Waals surface area contributed by atoms with E-state index in [1.807, 2.05) is 0 Å². The summed E-state index contributed by atoms with van der Waals surface area (Å²) in [5.74, 6) is -1.05. The minimum Gasteiger partial charge on any atom is -0.318 e. The van der Waals surface area contributed by atoms with Crippen LogP contribution in [0.2, 0.25) is 0 Å². The molecule has 0 aliphatic heterocycles. The monoisotopic (exact) mass is 221 g/mol. The molecule has 1 aromatic heterocycles. The Balaban J connectivity index is 2.67. The van der Waals surface area contributed by atoms with Crippen molar-refractivity contribution in [1.82, 2.24) is 4.57 Å². The highest BCUT2D eigenvalue weighted by Crippen LogP contribution is 2.15. The molecule has 0 aliphatic rings. The zero-order valence-electron chi connectivity index (χ0n) is 8.58. The zero-order valence-corrected chi connectivity index (χ0v) is 8.58. The number of nitrogens with zero attached hydrogens (tertiary/aromatic N) is 1. The van der Waals surface area contributed by atoms with Crippen molar-refractivity contribution in [2.45, 2.75) is 6.92 Å². The fourth-order valence-corrected chi connectivity index (χ4v) is 1.53. The van der Waals surface area contributed by atoms with Crippen molar-refractivity contribution < 1.29 is 8.78 Å². The molecule has 0 atom stereocenters. The minimum atomic E-state index is -0.534. The van der Waals surface area contributed by atoms with Crippen LogP contribution in [-0.2, 0) is 0 Å². The fraction of sp³-hybridized carbons (Fsp3) is 0.0833. The van der Waals surface area contributed by atoms with Gasteiger partial charge in [-0.15, -0.1) is 0 Å². The third-order valence-corrected chi connectivity index (χ3v) is 2.29. The van der Waals surface area contributed by atoms with Crippen LogP contribution in [0.3, 0.4) is 0 Å². The highest BCUT2D eigenvalue weighted by Gasteiger charge is 2.06. The summed E-state index contributed by atoms with van der Waals surface area (Å²) in [6.07, 6.45) is 1.43. The molecule has 0 N–H and O–H groups in total. The Kier molecular flexibility index (Phi) is 2.56.